The molecule has 0 bridgehead atoms. The number of nitriles is 1. The van der Waals surface area contributed by atoms with Crippen LogP contribution in [0.5, 0.6) is 6.01 Å². The van der Waals surface area contributed by atoms with Crippen LogP contribution in [0.4, 0.5) is 0 Å². The largest absolute Gasteiger partial charge is 0.457 e. The minimum Gasteiger partial charge on any atom is -0.457 e. The molecular weight excluding hydrogens is 346 g/mol. The van der Waals surface area contributed by atoms with Gasteiger partial charge in [-0.3, -0.25) is 4.98 Å². The molecule has 3 heterocycles. The van der Waals surface area contributed by atoms with Crippen LogP contribution in [0.3, 0.4) is 0 Å². The zero-order valence-electron chi connectivity index (χ0n) is 13.6. The van der Waals surface area contributed by atoms with Crippen LogP contribution in [0.1, 0.15) is 22.3 Å². The second-order valence-electron chi connectivity index (χ2n) is 5.46. The molecule has 4 rings (SSSR count). The third-order valence-corrected chi connectivity index (χ3v) is 4.81. The van der Waals surface area contributed by atoms with E-state index in [9.17, 15) is 5.26 Å². The van der Waals surface area contributed by atoms with E-state index in [1.165, 1.54) is 11.3 Å². The van der Waals surface area contributed by atoms with E-state index in [0.717, 1.165) is 15.9 Å². The summed E-state index contributed by atoms with van der Waals surface area (Å²) in [6.07, 6.45) is 3.29. The van der Waals surface area contributed by atoms with Gasteiger partial charge in [0.1, 0.15) is 17.5 Å². The van der Waals surface area contributed by atoms with Gasteiger partial charge in [0.25, 0.3) is 0 Å². The van der Waals surface area contributed by atoms with Crippen LogP contribution >= 0.6 is 11.3 Å². The summed E-state index contributed by atoms with van der Waals surface area (Å²) in [6.45, 7) is 0.267. The Hall–Kier alpha value is -3.37. The molecule has 0 N–H and O–H groups in total. The first-order valence-corrected chi connectivity index (χ1v) is 8.76. The Kier molecular flexibility index (Phi) is 4.50. The summed E-state index contributed by atoms with van der Waals surface area (Å²) in [5.74, 6) is -0.562. The molecular formula is C19H13N5OS. The third kappa shape index (κ3) is 3.36. The zero-order chi connectivity index (χ0) is 17.8. The van der Waals surface area contributed by atoms with Crippen molar-refractivity contribution in [2.24, 2.45) is 0 Å². The summed E-state index contributed by atoms with van der Waals surface area (Å²) in [6, 6.07) is 17.6. The standard InChI is InChI=1S/C19H13N5OS/c20-11-14(18-23-16-6-1-2-7-17(16)26-18)15-8-10-22-19(24-15)25-12-13-5-3-4-9-21-13/h1-10,14H,12H2. The van der Waals surface area contributed by atoms with Crippen LogP contribution in [0.25, 0.3) is 10.2 Å². The maximum atomic E-state index is 9.66. The lowest BCUT2D eigenvalue weighted by molar-refractivity contribution is 0.275. The van der Waals surface area contributed by atoms with E-state index in [2.05, 4.69) is 26.0 Å². The maximum Gasteiger partial charge on any atom is 0.316 e. The highest BCUT2D eigenvalue weighted by Gasteiger charge is 2.20. The molecule has 1 unspecified atom stereocenters. The fourth-order valence-electron chi connectivity index (χ4n) is 2.47. The van der Waals surface area contributed by atoms with Gasteiger partial charge in [0, 0.05) is 12.4 Å². The fourth-order valence-corrected chi connectivity index (χ4v) is 3.49. The van der Waals surface area contributed by atoms with Gasteiger partial charge in [0.2, 0.25) is 0 Å². The number of hydrogen-bond donors (Lipinski definition) is 0. The monoisotopic (exact) mass is 359 g/mol. The lowest BCUT2D eigenvalue weighted by Gasteiger charge is -2.08. The highest BCUT2D eigenvalue weighted by molar-refractivity contribution is 7.18. The summed E-state index contributed by atoms with van der Waals surface area (Å²) in [5.41, 5.74) is 2.23. The van der Waals surface area contributed by atoms with Crippen molar-refractivity contribution in [2.75, 3.05) is 0 Å². The Bertz CT molecular complexity index is 1040. The predicted molar refractivity (Wildman–Crippen MR) is 97.7 cm³/mol. The molecule has 0 radical (unpaired) electrons. The van der Waals surface area contributed by atoms with Crippen molar-refractivity contribution in [1.82, 2.24) is 19.9 Å². The third-order valence-electron chi connectivity index (χ3n) is 3.71. The van der Waals surface area contributed by atoms with Gasteiger partial charge in [-0.1, -0.05) is 18.2 Å². The van der Waals surface area contributed by atoms with Crippen molar-refractivity contribution < 1.29 is 4.74 Å². The van der Waals surface area contributed by atoms with Crippen molar-refractivity contribution in [3.05, 3.63) is 77.3 Å². The quantitative estimate of drug-likeness (QED) is 0.540. The van der Waals surface area contributed by atoms with Gasteiger partial charge < -0.3 is 4.74 Å². The molecule has 0 spiro atoms. The minimum atomic E-state index is -0.562. The molecule has 0 aliphatic heterocycles. The summed E-state index contributed by atoms with van der Waals surface area (Å²) in [5, 5.41) is 10.4. The van der Waals surface area contributed by atoms with Gasteiger partial charge in [-0.05, 0) is 30.3 Å². The molecule has 7 heteroatoms. The van der Waals surface area contributed by atoms with E-state index in [4.69, 9.17) is 4.74 Å². The number of thiazole rings is 1. The molecule has 1 atom stereocenters. The molecule has 6 nitrogen and oxygen atoms in total. The lowest BCUT2D eigenvalue weighted by atomic mass is 10.1. The summed E-state index contributed by atoms with van der Waals surface area (Å²) in [4.78, 5) is 17.3. The molecule has 3 aromatic heterocycles. The molecule has 26 heavy (non-hydrogen) atoms. The number of para-hydroxylation sites is 1. The van der Waals surface area contributed by atoms with Crippen LogP contribution in [-0.4, -0.2) is 19.9 Å². The number of pyridine rings is 1. The molecule has 0 saturated heterocycles. The normalized spacial score (nSPS) is 11.8. The van der Waals surface area contributed by atoms with Gasteiger partial charge in [-0.15, -0.1) is 11.3 Å². The average Bonchev–Trinajstić information content (AvgIpc) is 3.12. The average molecular weight is 359 g/mol. The smallest absolute Gasteiger partial charge is 0.316 e. The summed E-state index contributed by atoms with van der Waals surface area (Å²) >= 11 is 1.50. The minimum absolute atomic E-state index is 0.217. The predicted octanol–water partition coefficient (Wildman–Crippen LogP) is 3.72. The number of aromatic nitrogens is 4. The Morgan fingerprint density at radius 3 is 2.69 bits per heavy atom. The zero-order valence-corrected chi connectivity index (χ0v) is 14.4. The number of hydrogen-bond acceptors (Lipinski definition) is 7. The van der Waals surface area contributed by atoms with Crippen LogP contribution < -0.4 is 4.74 Å². The van der Waals surface area contributed by atoms with Crippen molar-refractivity contribution >= 4 is 21.6 Å². The number of benzene rings is 1. The Labute approximate surface area is 153 Å². The van der Waals surface area contributed by atoms with Crippen molar-refractivity contribution in [3.8, 4) is 12.1 Å². The lowest BCUT2D eigenvalue weighted by Crippen LogP contribution is -2.05. The number of ether oxygens (including phenoxy) is 1. The number of rotatable bonds is 5. The van der Waals surface area contributed by atoms with Gasteiger partial charge in [-0.25, -0.2) is 9.97 Å². The first-order chi connectivity index (χ1) is 12.8. The number of fused-ring (bicyclic) bond motifs is 1. The highest BCUT2D eigenvalue weighted by atomic mass is 32.1. The Morgan fingerprint density at radius 2 is 1.88 bits per heavy atom. The van der Waals surface area contributed by atoms with E-state index in [-0.39, 0.29) is 12.6 Å². The fraction of sp³-hybridized carbons (Fsp3) is 0.105. The second kappa shape index (κ2) is 7.25. The Balaban J connectivity index is 1.58. The topological polar surface area (TPSA) is 84.6 Å². The van der Waals surface area contributed by atoms with Crippen LogP contribution in [0.15, 0.2) is 60.9 Å². The van der Waals surface area contributed by atoms with Gasteiger partial charge in [-0.2, -0.15) is 10.2 Å². The van der Waals surface area contributed by atoms with E-state index >= 15 is 0 Å². The van der Waals surface area contributed by atoms with Gasteiger partial charge in [0.15, 0.2) is 0 Å². The van der Waals surface area contributed by atoms with Crippen molar-refractivity contribution in [3.63, 3.8) is 0 Å². The van der Waals surface area contributed by atoms with E-state index in [1.54, 1.807) is 18.5 Å². The van der Waals surface area contributed by atoms with Crippen LogP contribution in [0.2, 0.25) is 0 Å². The summed E-state index contributed by atoms with van der Waals surface area (Å²) in [7, 11) is 0. The number of nitrogens with zero attached hydrogens (tertiary/aromatic N) is 5. The van der Waals surface area contributed by atoms with E-state index < -0.39 is 5.92 Å². The molecule has 0 saturated carbocycles. The van der Waals surface area contributed by atoms with Gasteiger partial charge in [0.05, 0.1) is 27.7 Å². The van der Waals surface area contributed by atoms with E-state index in [1.807, 2.05) is 42.5 Å². The molecule has 0 aliphatic carbocycles. The molecule has 0 fully saturated rings. The van der Waals surface area contributed by atoms with Crippen molar-refractivity contribution in [2.45, 2.75) is 12.5 Å². The second-order valence-corrected chi connectivity index (χ2v) is 6.52. The van der Waals surface area contributed by atoms with Gasteiger partial charge >= 0.3 is 6.01 Å². The van der Waals surface area contributed by atoms with Crippen LogP contribution in [-0.2, 0) is 6.61 Å². The van der Waals surface area contributed by atoms with E-state index in [0.29, 0.717) is 10.7 Å². The summed E-state index contributed by atoms with van der Waals surface area (Å²) < 4.78 is 6.66. The molecule has 1 aromatic carbocycles. The molecule has 0 amide bonds. The SMILES string of the molecule is N#CC(c1ccnc(OCc2ccccn2)n1)c1nc2ccccc2s1. The molecule has 4 aromatic rings. The first-order valence-electron chi connectivity index (χ1n) is 7.94. The maximum absolute atomic E-state index is 9.66. The van der Waals surface area contributed by atoms with Crippen molar-refractivity contribution in [1.29, 1.82) is 5.26 Å². The molecule has 126 valence electrons. The Morgan fingerprint density at radius 1 is 1.00 bits per heavy atom. The highest BCUT2D eigenvalue weighted by Crippen LogP contribution is 2.30. The first kappa shape index (κ1) is 16.1. The van der Waals surface area contributed by atoms with Crippen LogP contribution in [0, 0.1) is 11.3 Å². The molecule has 0 aliphatic rings.